The van der Waals surface area contributed by atoms with Gasteiger partial charge in [0.15, 0.2) is 0 Å². The third kappa shape index (κ3) is 3.99. The standard InChI is InChI=1S/C17H19ClN2O3/c1-16(2,3)23-15(22)20-17(4,10-21)12-9-11-7-5-6-8-13(11)19-14(12)18/h5-10H,1-4H3,(H,20,22). The van der Waals surface area contributed by atoms with E-state index in [1.165, 1.54) is 0 Å². The number of hydrogen-bond donors (Lipinski definition) is 1. The molecule has 5 nitrogen and oxygen atoms in total. The van der Waals surface area contributed by atoms with Crippen LogP contribution in [0.15, 0.2) is 30.3 Å². The van der Waals surface area contributed by atoms with Crippen molar-refractivity contribution < 1.29 is 14.3 Å². The van der Waals surface area contributed by atoms with Crippen LogP contribution in [0, 0.1) is 0 Å². The van der Waals surface area contributed by atoms with E-state index in [2.05, 4.69) is 10.3 Å². The fraction of sp³-hybridized carbons (Fsp3) is 0.353. The molecule has 1 unspecified atom stereocenters. The van der Waals surface area contributed by atoms with Crippen LogP contribution in [0.4, 0.5) is 4.79 Å². The molecule has 6 heteroatoms. The van der Waals surface area contributed by atoms with E-state index >= 15 is 0 Å². The molecule has 2 rings (SSSR count). The van der Waals surface area contributed by atoms with Crippen molar-refractivity contribution in [3.8, 4) is 0 Å². The molecule has 1 N–H and O–H groups in total. The summed E-state index contributed by atoms with van der Waals surface area (Å²) in [4.78, 5) is 28.0. The summed E-state index contributed by atoms with van der Waals surface area (Å²) in [6, 6.07) is 9.15. The van der Waals surface area contributed by atoms with Gasteiger partial charge in [0.25, 0.3) is 0 Å². The molecule has 0 bridgehead atoms. The SMILES string of the molecule is CC(C)(C)OC(=O)NC(C)(C=O)c1cc2ccccc2nc1Cl. The quantitative estimate of drug-likeness (QED) is 0.684. The molecule has 1 aromatic heterocycles. The Morgan fingerprint density at radius 1 is 1.26 bits per heavy atom. The second-order valence-electron chi connectivity index (χ2n) is 6.47. The van der Waals surface area contributed by atoms with Crippen molar-refractivity contribution in [2.24, 2.45) is 0 Å². The number of benzene rings is 1. The Balaban J connectivity index is 2.41. The van der Waals surface area contributed by atoms with Gasteiger partial charge in [0.1, 0.15) is 22.6 Å². The molecule has 1 amide bonds. The largest absolute Gasteiger partial charge is 0.444 e. The summed E-state index contributed by atoms with van der Waals surface area (Å²) in [5.41, 5.74) is -0.874. The van der Waals surface area contributed by atoms with Gasteiger partial charge < -0.3 is 14.8 Å². The molecular weight excluding hydrogens is 316 g/mol. The van der Waals surface area contributed by atoms with Gasteiger partial charge in [-0.1, -0.05) is 29.8 Å². The minimum Gasteiger partial charge on any atom is -0.444 e. The van der Waals surface area contributed by atoms with Crippen LogP contribution in [-0.2, 0) is 15.1 Å². The maximum absolute atomic E-state index is 12.0. The second-order valence-corrected chi connectivity index (χ2v) is 6.82. The molecule has 0 aliphatic heterocycles. The molecule has 0 fully saturated rings. The zero-order valence-electron chi connectivity index (χ0n) is 13.5. The molecule has 23 heavy (non-hydrogen) atoms. The molecule has 1 heterocycles. The molecule has 0 radical (unpaired) electrons. The molecule has 2 aromatic rings. The van der Waals surface area contributed by atoms with Gasteiger partial charge in [-0.15, -0.1) is 0 Å². The zero-order chi connectivity index (χ0) is 17.3. The highest BCUT2D eigenvalue weighted by Gasteiger charge is 2.33. The van der Waals surface area contributed by atoms with Gasteiger partial charge >= 0.3 is 6.09 Å². The van der Waals surface area contributed by atoms with Crippen LogP contribution < -0.4 is 5.32 Å². The topological polar surface area (TPSA) is 68.3 Å². The number of alkyl carbamates (subject to hydrolysis) is 1. The van der Waals surface area contributed by atoms with E-state index in [0.29, 0.717) is 17.4 Å². The molecule has 0 saturated heterocycles. The van der Waals surface area contributed by atoms with Crippen molar-refractivity contribution >= 4 is 34.9 Å². The number of aromatic nitrogens is 1. The van der Waals surface area contributed by atoms with Gasteiger partial charge in [0.2, 0.25) is 0 Å². The van der Waals surface area contributed by atoms with Crippen LogP contribution in [0.1, 0.15) is 33.3 Å². The number of carbonyl (C=O) groups is 2. The lowest BCUT2D eigenvalue weighted by atomic mass is 9.94. The number of carbonyl (C=O) groups excluding carboxylic acids is 2. The molecular formula is C17H19ClN2O3. The Hall–Kier alpha value is -2.14. The predicted molar refractivity (Wildman–Crippen MR) is 89.5 cm³/mol. The van der Waals surface area contributed by atoms with E-state index in [9.17, 15) is 9.59 Å². The average molecular weight is 335 g/mol. The number of rotatable bonds is 3. The van der Waals surface area contributed by atoms with Gasteiger partial charge in [-0.3, -0.25) is 0 Å². The van der Waals surface area contributed by atoms with E-state index in [1.807, 2.05) is 24.3 Å². The van der Waals surface area contributed by atoms with Crippen LogP contribution in [0.3, 0.4) is 0 Å². The molecule has 0 spiro atoms. The summed E-state index contributed by atoms with van der Waals surface area (Å²) in [7, 11) is 0. The first-order valence-corrected chi connectivity index (χ1v) is 7.56. The highest BCUT2D eigenvalue weighted by Crippen LogP contribution is 2.29. The molecule has 0 aliphatic rings. The number of pyridine rings is 1. The lowest BCUT2D eigenvalue weighted by molar-refractivity contribution is -0.113. The molecule has 0 saturated carbocycles. The first-order valence-electron chi connectivity index (χ1n) is 7.18. The van der Waals surface area contributed by atoms with Crippen molar-refractivity contribution in [3.05, 3.63) is 41.0 Å². The Morgan fingerprint density at radius 3 is 2.52 bits per heavy atom. The summed E-state index contributed by atoms with van der Waals surface area (Å²) in [6.45, 7) is 6.79. The zero-order valence-corrected chi connectivity index (χ0v) is 14.3. The van der Waals surface area contributed by atoms with Crippen LogP contribution >= 0.6 is 11.6 Å². The molecule has 1 atom stereocenters. The van der Waals surface area contributed by atoms with E-state index in [0.717, 1.165) is 5.39 Å². The van der Waals surface area contributed by atoms with Gasteiger partial charge in [0.05, 0.1) is 5.52 Å². The smallest absolute Gasteiger partial charge is 0.408 e. The van der Waals surface area contributed by atoms with Crippen molar-refractivity contribution in [1.82, 2.24) is 10.3 Å². The number of nitrogens with zero attached hydrogens (tertiary/aromatic N) is 1. The Labute approximate surface area is 140 Å². The second kappa shape index (κ2) is 6.16. The number of nitrogens with one attached hydrogen (secondary N) is 1. The van der Waals surface area contributed by atoms with Crippen molar-refractivity contribution in [3.63, 3.8) is 0 Å². The lowest BCUT2D eigenvalue weighted by Gasteiger charge is -2.28. The van der Waals surface area contributed by atoms with E-state index in [-0.39, 0.29) is 5.15 Å². The first kappa shape index (κ1) is 17.2. The van der Waals surface area contributed by atoms with E-state index in [4.69, 9.17) is 16.3 Å². The van der Waals surface area contributed by atoms with E-state index < -0.39 is 17.2 Å². The van der Waals surface area contributed by atoms with Crippen LogP contribution in [-0.4, -0.2) is 23.0 Å². The molecule has 122 valence electrons. The monoisotopic (exact) mass is 334 g/mol. The summed E-state index contributed by atoms with van der Waals surface area (Å²) in [5.74, 6) is 0. The Bertz CT molecular complexity index is 755. The third-order valence-corrected chi connectivity index (χ3v) is 3.52. The van der Waals surface area contributed by atoms with Gasteiger partial charge in [-0.05, 0) is 39.8 Å². The number of aldehydes is 1. The normalized spacial score (nSPS) is 14.1. The van der Waals surface area contributed by atoms with Crippen LogP contribution in [0.5, 0.6) is 0 Å². The minimum absolute atomic E-state index is 0.161. The molecule has 0 aliphatic carbocycles. The van der Waals surface area contributed by atoms with Crippen molar-refractivity contribution in [2.45, 2.75) is 38.8 Å². The highest BCUT2D eigenvalue weighted by atomic mass is 35.5. The fourth-order valence-electron chi connectivity index (χ4n) is 2.13. The van der Waals surface area contributed by atoms with Crippen molar-refractivity contribution in [1.29, 1.82) is 0 Å². The Kier molecular flexibility index (Phi) is 4.61. The Morgan fingerprint density at radius 2 is 1.91 bits per heavy atom. The highest BCUT2D eigenvalue weighted by molar-refractivity contribution is 6.31. The molecule has 1 aromatic carbocycles. The van der Waals surface area contributed by atoms with E-state index in [1.54, 1.807) is 33.8 Å². The van der Waals surface area contributed by atoms with Gasteiger partial charge in [-0.2, -0.15) is 0 Å². The number of amides is 1. The maximum atomic E-state index is 12.0. The number of hydrogen-bond acceptors (Lipinski definition) is 4. The van der Waals surface area contributed by atoms with Crippen molar-refractivity contribution in [2.75, 3.05) is 0 Å². The van der Waals surface area contributed by atoms with Gasteiger partial charge in [-0.25, -0.2) is 9.78 Å². The first-order chi connectivity index (χ1) is 10.6. The van der Waals surface area contributed by atoms with Crippen LogP contribution in [0.25, 0.3) is 10.9 Å². The number of fused-ring (bicyclic) bond motifs is 1. The number of ether oxygens (including phenoxy) is 1. The summed E-state index contributed by atoms with van der Waals surface area (Å²) in [5, 5.41) is 3.55. The summed E-state index contributed by atoms with van der Waals surface area (Å²) >= 11 is 6.22. The third-order valence-electron chi connectivity index (χ3n) is 3.23. The summed E-state index contributed by atoms with van der Waals surface area (Å²) in [6.07, 6.45) is -0.0782. The average Bonchev–Trinajstić information content (AvgIpc) is 2.44. The number of halogens is 1. The lowest BCUT2D eigenvalue weighted by Crippen LogP contribution is -2.47. The number of para-hydroxylation sites is 1. The fourth-order valence-corrected chi connectivity index (χ4v) is 2.47. The minimum atomic E-state index is -1.34. The van der Waals surface area contributed by atoms with Crippen LogP contribution in [0.2, 0.25) is 5.15 Å². The van der Waals surface area contributed by atoms with Gasteiger partial charge in [0, 0.05) is 10.9 Å². The maximum Gasteiger partial charge on any atom is 0.408 e. The summed E-state index contributed by atoms with van der Waals surface area (Å²) < 4.78 is 5.21. The predicted octanol–water partition coefficient (Wildman–Crippen LogP) is 3.83.